The average Bonchev–Trinajstić information content (AvgIpc) is 2.76. The molecule has 0 aliphatic heterocycles. The number of allylic oxidation sites excluding steroid dienone is 7. The summed E-state index contributed by atoms with van der Waals surface area (Å²) in [5.74, 6) is -1.08. The van der Waals surface area contributed by atoms with Gasteiger partial charge in [-0.15, -0.1) is 0 Å². The van der Waals surface area contributed by atoms with Crippen LogP contribution in [0.3, 0.4) is 0 Å². The monoisotopic (exact) mass is 452 g/mol. The van der Waals surface area contributed by atoms with E-state index in [2.05, 4.69) is 43.4 Å². The maximum absolute atomic E-state index is 11.8. The van der Waals surface area contributed by atoms with Crippen LogP contribution in [0.4, 0.5) is 0 Å². The molecule has 0 aliphatic carbocycles. The molecule has 0 amide bonds. The molecule has 0 aromatic heterocycles. The molecule has 7 heteroatoms. The molecule has 32 heavy (non-hydrogen) atoms. The second-order valence-electron chi connectivity index (χ2n) is 7.36. The predicted molar refractivity (Wildman–Crippen MR) is 125 cm³/mol. The fraction of sp³-hybridized carbons (Fsp3) is 0.600. The lowest BCUT2D eigenvalue weighted by atomic mass is 10.0. The van der Waals surface area contributed by atoms with Crippen LogP contribution in [-0.4, -0.2) is 58.8 Å². The molecular formula is C25H40O7. The van der Waals surface area contributed by atoms with Crippen LogP contribution in [-0.2, 0) is 19.1 Å². The molecule has 0 aliphatic rings. The molecule has 0 saturated heterocycles. The van der Waals surface area contributed by atoms with E-state index in [0.717, 1.165) is 25.7 Å². The Kier molecular flexibility index (Phi) is 19.2. The lowest BCUT2D eigenvalue weighted by molar-refractivity contribution is -0.160. The van der Waals surface area contributed by atoms with E-state index in [1.807, 2.05) is 12.2 Å². The SMILES string of the molecule is CC/C=C\C/C=C\C/C=C\C/C=C\C[C@@H](O)[C@H](O)CCCC(=O)O[C@@H](CO)COC(C)=O. The Morgan fingerprint density at radius 3 is 1.97 bits per heavy atom. The van der Waals surface area contributed by atoms with Crippen molar-refractivity contribution in [2.45, 2.75) is 83.5 Å². The van der Waals surface area contributed by atoms with Crippen molar-refractivity contribution in [3.05, 3.63) is 48.6 Å². The third kappa shape index (κ3) is 18.5. The summed E-state index contributed by atoms with van der Waals surface area (Å²) in [4.78, 5) is 22.5. The summed E-state index contributed by atoms with van der Waals surface area (Å²) in [5, 5.41) is 29.2. The lowest BCUT2D eigenvalue weighted by Gasteiger charge is -2.17. The van der Waals surface area contributed by atoms with Gasteiger partial charge >= 0.3 is 11.9 Å². The first-order chi connectivity index (χ1) is 15.4. The normalized spacial score (nSPS) is 15.0. The number of hydrogen-bond donors (Lipinski definition) is 3. The maximum atomic E-state index is 11.8. The minimum absolute atomic E-state index is 0.0321. The third-order valence-electron chi connectivity index (χ3n) is 4.40. The van der Waals surface area contributed by atoms with Gasteiger partial charge < -0.3 is 24.8 Å². The van der Waals surface area contributed by atoms with E-state index < -0.39 is 36.9 Å². The van der Waals surface area contributed by atoms with Gasteiger partial charge in [-0.05, 0) is 44.9 Å². The van der Waals surface area contributed by atoms with Crippen molar-refractivity contribution in [2.75, 3.05) is 13.2 Å². The molecule has 3 atom stereocenters. The van der Waals surface area contributed by atoms with Crippen LogP contribution in [0.5, 0.6) is 0 Å². The van der Waals surface area contributed by atoms with Crippen LogP contribution in [0.1, 0.15) is 65.2 Å². The first-order valence-electron chi connectivity index (χ1n) is 11.3. The van der Waals surface area contributed by atoms with Gasteiger partial charge in [0.2, 0.25) is 0 Å². The Bertz CT molecular complexity index is 607. The Balaban J connectivity index is 3.93. The molecule has 0 fully saturated rings. The molecule has 0 rings (SSSR count). The number of esters is 2. The van der Waals surface area contributed by atoms with Gasteiger partial charge in [-0.3, -0.25) is 9.59 Å². The standard InChI is InChI=1S/C25H40O7/c1-3-4-5-6-7-8-9-10-11-12-13-14-16-23(28)24(29)17-15-18-25(30)32-22(19-26)20-31-21(2)27/h4-5,7-8,10-11,13-14,22-24,26,28-29H,3,6,9,12,15-20H2,1-2H3/b5-4-,8-7-,11-10-,14-13-/t22-,23+,24+/m0/s1. The van der Waals surface area contributed by atoms with E-state index in [1.165, 1.54) is 6.92 Å². The second kappa shape index (κ2) is 20.7. The molecule has 3 N–H and O–H groups in total. The van der Waals surface area contributed by atoms with Crippen molar-refractivity contribution in [3.8, 4) is 0 Å². The van der Waals surface area contributed by atoms with Crippen LogP contribution in [0.2, 0.25) is 0 Å². The first kappa shape index (κ1) is 29.8. The van der Waals surface area contributed by atoms with Gasteiger partial charge in [0, 0.05) is 13.3 Å². The molecule has 0 bridgehead atoms. The van der Waals surface area contributed by atoms with Crippen LogP contribution in [0.15, 0.2) is 48.6 Å². The summed E-state index contributed by atoms with van der Waals surface area (Å²) in [6.45, 7) is 2.69. The van der Waals surface area contributed by atoms with E-state index in [0.29, 0.717) is 12.8 Å². The van der Waals surface area contributed by atoms with Gasteiger partial charge in [-0.2, -0.15) is 0 Å². The quantitative estimate of drug-likeness (QED) is 0.215. The maximum Gasteiger partial charge on any atom is 0.306 e. The summed E-state index contributed by atoms with van der Waals surface area (Å²) in [5.41, 5.74) is 0. The highest BCUT2D eigenvalue weighted by molar-refractivity contribution is 5.69. The fourth-order valence-corrected chi connectivity index (χ4v) is 2.60. The van der Waals surface area contributed by atoms with Crippen molar-refractivity contribution >= 4 is 11.9 Å². The van der Waals surface area contributed by atoms with Gasteiger partial charge in [-0.1, -0.05) is 55.5 Å². The highest BCUT2D eigenvalue weighted by atomic mass is 16.6. The van der Waals surface area contributed by atoms with Crippen molar-refractivity contribution in [2.24, 2.45) is 0 Å². The van der Waals surface area contributed by atoms with Crippen LogP contribution in [0, 0.1) is 0 Å². The Morgan fingerprint density at radius 1 is 0.875 bits per heavy atom. The zero-order chi connectivity index (χ0) is 24.0. The zero-order valence-corrected chi connectivity index (χ0v) is 19.4. The van der Waals surface area contributed by atoms with E-state index in [1.54, 1.807) is 0 Å². The van der Waals surface area contributed by atoms with Gasteiger partial charge in [0.25, 0.3) is 0 Å². The molecule has 0 spiro atoms. The largest absolute Gasteiger partial charge is 0.462 e. The Labute approximate surface area is 192 Å². The number of carbonyl (C=O) groups is 2. The fourth-order valence-electron chi connectivity index (χ4n) is 2.60. The molecule has 0 aromatic carbocycles. The van der Waals surface area contributed by atoms with Crippen molar-refractivity contribution < 1.29 is 34.4 Å². The number of ether oxygens (including phenoxy) is 2. The van der Waals surface area contributed by atoms with Gasteiger partial charge in [-0.25, -0.2) is 0 Å². The molecule has 0 heterocycles. The number of aliphatic hydroxyl groups excluding tert-OH is 3. The average molecular weight is 453 g/mol. The molecule has 182 valence electrons. The van der Waals surface area contributed by atoms with Gasteiger partial charge in [0.15, 0.2) is 6.10 Å². The number of aliphatic hydroxyl groups is 3. The minimum atomic E-state index is -0.940. The Hall–Kier alpha value is -2.22. The smallest absolute Gasteiger partial charge is 0.306 e. The molecule has 0 saturated carbocycles. The summed E-state index contributed by atoms with van der Waals surface area (Å²) in [6.07, 6.45) is 18.3. The van der Waals surface area contributed by atoms with E-state index in [-0.39, 0.29) is 19.4 Å². The minimum Gasteiger partial charge on any atom is -0.462 e. The topological polar surface area (TPSA) is 113 Å². The van der Waals surface area contributed by atoms with E-state index in [9.17, 15) is 19.8 Å². The summed E-state index contributed by atoms with van der Waals surface area (Å²) in [7, 11) is 0. The molecule has 0 radical (unpaired) electrons. The van der Waals surface area contributed by atoms with Gasteiger partial charge in [0.1, 0.15) is 6.61 Å². The molecular weight excluding hydrogens is 412 g/mol. The summed E-state index contributed by atoms with van der Waals surface area (Å²) >= 11 is 0. The van der Waals surface area contributed by atoms with E-state index in [4.69, 9.17) is 14.6 Å². The van der Waals surface area contributed by atoms with E-state index >= 15 is 0 Å². The van der Waals surface area contributed by atoms with Crippen molar-refractivity contribution in [3.63, 3.8) is 0 Å². The number of hydrogen-bond acceptors (Lipinski definition) is 7. The first-order valence-corrected chi connectivity index (χ1v) is 11.3. The lowest BCUT2D eigenvalue weighted by Crippen LogP contribution is -2.28. The molecule has 7 nitrogen and oxygen atoms in total. The highest BCUT2D eigenvalue weighted by Gasteiger charge is 2.18. The van der Waals surface area contributed by atoms with Crippen LogP contribution >= 0.6 is 0 Å². The third-order valence-corrected chi connectivity index (χ3v) is 4.40. The second-order valence-corrected chi connectivity index (χ2v) is 7.36. The highest BCUT2D eigenvalue weighted by Crippen LogP contribution is 2.10. The van der Waals surface area contributed by atoms with Crippen LogP contribution < -0.4 is 0 Å². The summed E-state index contributed by atoms with van der Waals surface area (Å²) in [6, 6.07) is 0. The molecule has 0 aromatic rings. The summed E-state index contributed by atoms with van der Waals surface area (Å²) < 4.78 is 9.71. The zero-order valence-electron chi connectivity index (χ0n) is 19.4. The number of rotatable bonds is 18. The van der Waals surface area contributed by atoms with Gasteiger partial charge in [0.05, 0.1) is 18.8 Å². The molecule has 0 unspecified atom stereocenters. The number of carbonyl (C=O) groups excluding carboxylic acids is 2. The van der Waals surface area contributed by atoms with Crippen molar-refractivity contribution in [1.82, 2.24) is 0 Å². The predicted octanol–water partition coefficient (Wildman–Crippen LogP) is 3.54. The van der Waals surface area contributed by atoms with Crippen LogP contribution in [0.25, 0.3) is 0 Å². The van der Waals surface area contributed by atoms with Crippen molar-refractivity contribution in [1.29, 1.82) is 0 Å². The Morgan fingerprint density at radius 2 is 1.44 bits per heavy atom.